The molecule has 0 amide bonds. The number of hydrogen-bond donors (Lipinski definition) is 1. The fraction of sp³-hybridized carbons (Fsp3) is 1.00. The zero-order chi connectivity index (χ0) is 8.62. The summed E-state index contributed by atoms with van der Waals surface area (Å²) in [7, 11) is 8.73. The lowest BCUT2D eigenvalue weighted by molar-refractivity contribution is -0.870. The van der Waals surface area contributed by atoms with Crippen molar-refractivity contribution in [2.24, 2.45) is 0 Å². The number of rotatable bonds is 2. The first-order valence-electron chi connectivity index (χ1n) is 3.59. The van der Waals surface area contributed by atoms with E-state index in [-0.39, 0.29) is 20.1 Å². The van der Waals surface area contributed by atoms with Gasteiger partial charge < -0.3 is 9.59 Å². The molecule has 0 fully saturated rings. The van der Waals surface area contributed by atoms with Crippen LogP contribution in [0.25, 0.3) is 0 Å². The maximum Gasteiger partial charge on any atom is 0.101 e. The second-order valence-corrected chi connectivity index (χ2v) is 3.96. The van der Waals surface area contributed by atoms with Crippen LogP contribution < -0.4 is 0 Å². The fourth-order valence-electron chi connectivity index (χ4n) is 0.300. The van der Waals surface area contributed by atoms with Gasteiger partial charge in [-0.3, -0.25) is 0 Å². The van der Waals surface area contributed by atoms with Gasteiger partial charge in [-0.1, -0.05) is 6.92 Å². The van der Waals surface area contributed by atoms with E-state index in [1.54, 1.807) is 0 Å². The summed E-state index contributed by atoms with van der Waals surface area (Å²) in [6.45, 7) is 3.20. The molecule has 0 aliphatic heterocycles. The van der Waals surface area contributed by atoms with Crippen molar-refractivity contribution >= 4 is 22.7 Å². The second-order valence-electron chi connectivity index (χ2n) is 3.15. The van der Waals surface area contributed by atoms with Gasteiger partial charge in [-0.15, -0.1) is 9.24 Å². The highest BCUT2D eigenvalue weighted by atomic mass is 32.1. The molecule has 0 heterocycles. The monoisotopic (exact) mass is 200 g/mol. The van der Waals surface area contributed by atoms with Crippen LogP contribution in [0.3, 0.4) is 0 Å². The first-order valence-corrected chi connectivity index (χ1v) is 4.41. The van der Waals surface area contributed by atoms with Crippen LogP contribution in [0.5, 0.6) is 0 Å². The molecule has 0 aromatic rings. The largest absolute Gasteiger partial charge is 0.391 e. The number of aliphatic hydroxyl groups is 1. The van der Waals surface area contributed by atoms with Crippen molar-refractivity contribution in [1.82, 2.24) is 0 Å². The van der Waals surface area contributed by atoms with Crippen molar-refractivity contribution in [3.05, 3.63) is 0 Å². The summed E-state index contributed by atoms with van der Waals surface area (Å²) in [5.41, 5.74) is 0. The van der Waals surface area contributed by atoms with Gasteiger partial charge in [-0.2, -0.15) is 13.5 Å². The zero-order valence-corrected chi connectivity index (χ0v) is 10.2. The molecule has 0 radical (unpaired) electrons. The maximum absolute atomic E-state index is 8.39. The Morgan fingerprint density at radius 2 is 1.55 bits per heavy atom. The summed E-state index contributed by atoms with van der Waals surface area (Å²) in [6.07, 6.45) is 1.17. The Labute approximate surface area is 80.2 Å². The van der Waals surface area contributed by atoms with Gasteiger partial charge in [0, 0.05) is 0 Å². The third-order valence-electron chi connectivity index (χ3n) is 0.771. The van der Waals surface area contributed by atoms with Gasteiger partial charge in [0.15, 0.2) is 0 Å². The summed E-state index contributed by atoms with van der Waals surface area (Å²) in [6, 6.07) is 0. The van der Waals surface area contributed by atoms with Crippen molar-refractivity contribution in [3.63, 3.8) is 0 Å². The SMILES string of the molecule is CCP.C[N+](C)(C)CCO.S. The molecular weight excluding hydrogens is 177 g/mol. The summed E-state index contributed by atoms with van der Waals surface area (Å²) in [5.74, 6) is 0. The molecular formula is C7H23NOPS+. The topological polar surface area (TPSA) is 20.2 Å². The van der Waals surface area contributed by atoms with Crippen molar-refractivity contribution in [1.29, 1.82) is 0 Å². The average Bonchev–Trinajstić information content (AvgIpc) is 1.63. The van der Waals surface area contributed by atoms with Gasteiger partial charge in [0.1, 0.15) is 6.54 Å². The molecule has 0 rings (SSSR count). The van der Waals surface area contributed by atoms with E-state index in [0.29, 0.717) is 0 Å². The van der Waals surface area contributed by atoms with Crippen LogP contribution in [0.4, 0.5) is 0 Å². The van der Waals surface area contributed by atoms with Crippen LogP contribution >= 0.6 is 22.7 Å². The van der Waals surface area contributed by atoms with Gasteiger partial charge in [-0.05, 0) is 6.16 Å². The molecule has 1 N–H and O–H groups in total. The smallest absolute Gasteiger partial charge is 0.101 e. The summed E-state index contributed by atoms with van der Waals surface area (Å²) in [5, 5.41) is 8.39. The highest BCUT2D eigenvalue weighted by Gasteiger charge is 2.02. The van der Waals surface area contributed by atoms with E-state index in [9.17, 15) is 0 Å². The first-order chi connectivity index (χ1) is 4.47. The molecule has 0 aromatic heterocycles. The van der Waals surface area contributed by atoms with Crippen molar-refractivity contribution in [3.8, 4) is 0 Å². The highest BCUT2D eigenvalue weighted by molar-refractivity contribution is 7.59. The predicted molar refractivity (Wildman–Crippen MR) is 60.6 cm³/mol. The predicted octanol–water partition coefficient (Wildman–Crippen LogP) is 0.679. The van der Waals surface area contributed by atoms with Crippen LogP contribution in [0.1, 0.15) is 6.92 Å². The minimum absolute atomic E-state index is 0. The molecule has 1 atom stereocenters. The third kappa shape index (κ3) is 36.7. The van der Waals surface area contributed by atoms with E-state index in [2.05, 4.69) is 37.3 Å². The Kier molecular flexibility index (Phi) is 17.2. The van der Waals surface area contributed by atoms with E-state index in [4.69, 9.17) is 5.11 Å². The quantitative estimate of drug-likeness (QED) is 0.513. The Morgan fingerprint density at radius 3 is 1.55 bits per heavy atom. The van der Waals surface area contributed by atoms with Crippen LogP contribution in [0.2, 0.25) is 0 Å². The number of likely N-dealkylation sites (N-methyl/N-ethyl adjacent to an activating group) is 1. The lowest BCUT2D eigenvalue weighted by Crippen LogP contribution is -2.36. The lowest BCUT2D eigenvalue weighted by Gasteiger charge is -2.21. The Bertz CT molecular complexity index is 66.0. The number of hydrogen-bond acceptors (Lipinski definition) is 1. The Morgan fingerprint density at radius 1 is 1.27 bits per heavy atom. The van der Waals surface area contributed by atoms with Crippen LogP contribution in [-0.4, -0.2) is 50.0 Å². The van der Waals surface area contributed by atoms with Gasteiger partial charge >= 0.3 is 0 Å². The van der Waals surface area contributed by atoms with E-state index >= 15 is 0 Å². The van der Waals surface area contributed by atoms with E-state index in [0.717, 1.165) is 11.0 Å². The number of quaternary nitrogens is 1. The van der Waals surface area contributed by atoms with Crippen LogP contribution in [0, 0.1) is 0 Å². The van der Waals surface area contributed by atoms with Gasteiger partial charge in [0.05, 0.1) is 27.7 Å². The molecule has 0 spiro atoms. The van der Waals surface area contributed by atoms with Crippen LogP contribution in [0.15, 0.2) is 0 Å². The number of aliphatic hydroxyl groups excluding tert-OH is 1. The molecule has 0 saturated heterocycles. The van der Waals surface area contributed by atoms with Gasteiger partial charge in [-0.25, -0.2) is 0 Å². The summed E-state index contributed by atoms with van der Waals surface area (Å²) in [4.78, 5) is 0. The molecule has 11 heavy (non-hydrogen) atoms. The van der Waals surface area contributed by atoms with Gasteiger partial charge in [0.2, 0.25) is 0 Å². The van der Waals surface area contributed by atoms with Crippen molar-refractivity contribution in [2.75, 3.05) is 40.5 Å². The van der Waals surface area contributed by atoms with E-state index in [1.165, 1.54) is 6.16 Å². The Balaban J connectivity index is -0.000000140. The lowest BCUT2D eigenvalue weighted by atomic mass is 10.5. The minimum Gasteiger partial charge on any atom is -0.391 e. The summed E-state index contributed by atoms with van der Waals surface area (Å²) < 4.78 is 0.844. The molecule has 72 valence electrons. The standard InChI is InChI=1S/C5H14NO.C2H7P.H2S/c1-6(2,3)4-5-7;1-2-3;/h7H,4-5H2,1-3H3;2-3H2,1H3;1H2/q+1;;. The highest BCUT2D eigenvalue weighted by Crippen LogP contribution is 1.84. The van der Waals surface area contributed by atoms with E-state index < -0.39 is 0 Å². The molecule has 4 heteroatoms. The van der Waals surface area contributed by atoms with Gasteiger partial charge in [0.25, 0.3) is 0 Å². The molecule has 0 aromatic carbocycles. The minimum atomic E-state index is 0. The molecule has 0 saturated carbocycles. The van der Waals surface area contributed by atoms with Crippen LogP contribution in [-0.2, 0) is 0 Å². The zero-order valence-electron chi connectivity index (χ0n) is 8.09. The second kappa shape index (κ2) is 10.7. The Hall–Kier alpha value is 0.700. The van der Waals surface area contributed by atoms with Crippen molar-refractivity contribution < 1.29 is 9.59 Å². The van der Waals surface area contributed by atoms with Crippen molar-refractivity contribution in [2.45, 2.75) is 6.92 Å². The molecule has 0 aliphatic rings. The van der Waals surface area contributed by atoms with E-state index in [1.807, 2.05) is 0 Å². The normalized spacial score (nSPS) is 9.27. The maximum atomic E-state index is 8.39. The average molecular weight is 200 g/mol. The molecule has 2 nitrogen and oxygen atoms in total. The molecule has 0 aliphatic carbocycles. The molecule has 0 bridgehead atoms. The first kappa shape index (κ1) is 17.7. The fourth-order valence-corrected chi connectivity index (χ4v) is 0.300. The third-order valence-corrected chi connectivity index (χ3v) is 0.771. The molecule has 1 unspecified atom stereocenters. The summed E-state index contributed by atoms with van der Waals surface area (Å²) >= 11 is 0. The number of nitrogens with zero attached hydrogens (tertiary/aromatic N) is 1.